The van der Waals surface area contributed by atoms with Crippen molar-refractivity contribution in [3.8, 4) is 22.3 Å². The van der Waals surface area contributed by atoms with Gasteiger partial charge >= 0.3 is 24.1 Å². The molecule has 2 aliphatic rings. The summed E-state index contributed by atoms with van der Waals surface area (Å²) in [5.41, 5.74) is 8.39. The molecule has 4 aromatic rings. The zero-order valence-electron chi connectivity index (χ0n) is 25.4. The van der Waals surface area contributed by atoms with Crippen molar-refractivity contribution in [3.63, 3.8) is 0 Å². The Morgan fingerprint density at radius 3 is 1.13 bits per heavy atom. The maximum absolute atomic E-state index is 12.7. The van der Waals surface area contributed by atoms with Gasteiger partial charge in [-0.15, -0.1) is 0 Å². The molecule has 0 radical (unpaired) electrons. The second-order valence-corrected chi connectivity index (χ2v) is 11.7. The average Bonchev–Trinajstić information content (AvgIpc) is 3.57. The minimum absolute atomic E-state index is 0.0251. The van der Waals surface area contributed by atoms with E-state index in [1.807, 2.05) is 97.1 Å². The van der Waals surface area contributed by atoms with Crippen molar-refractivity contribution in [2.75, 3.05) is 13.2 Å². The lowest BCUT2D eigenvalue weighted by Crippen LogP contribution is -2.43. The molecule has 0 unspecified atom stereocenters. The van der Waals surface area contributed by atoms with Crippen LogP contribution in [0.3, 0.4) is 0 Å². The molecule has 0 aliphatic heterocycles. The number of hydrogen-bond donors (Lipinski definition) is 4. The van der Waals surface area contributed by atoms with Gasteiger partial charge in [0.05, 0.1) is 0 Å². The van der Waals surface area contributed by atoms with Gasteiger partial charge in [-0.05, 0) is 63.8 Å². The Morgan fingerprint density at radius 1 is 0.532 bits per heavy atom. The van der Waals surface area contributed by atoms with Gasteiger partial charge in [0.15, 0.2) is 0 Å². The first kappa shape index (κ1) is 31.3. The highest BCUT2D eigenvalue weighted by molar-refractivity contribution is 5.82. The number of aliphatic carboxylic acids is 2. The first-order valence-corrected chi connectivity index (χ1v) is 15.5. The van der Waals surface area contributed by atoms with E-state index in [9.17, 15) is 29.4 Å². The number of hydrogen-bond acceptors (Lipinski definition) is 6. The summed E-state index contributed by atoms with van der Waals surface area (Å²) in [6, 6.07) is 28.9. The molecule has 10 nitrogen and oxygen atoms in total. The number of rotatable bonds is 12. The quantitative estimate of drug-likeness (QED) is 0.145. The van der Waals surface area contributed by atoms with Gasteiger partial charge in [0.25, 0.3) is 0 Å². The molecule has 4 aromatic carbocycles. The average molecular weight is 635 g/mol. The van der Waals surface area contributed by atoms with Gasteiger partial charge < -0.3 is 30.3 Å². The highest BCUT2D eigenvalue weighted by Crippen LogP contribution is 2.45. The van der Waals surface area contributed by atoms with E-state index in [2.05, 4.69) is 10.6 Å². The minimum atomic E-state index is -1.31. The van der Waals surface area contributed by atoms with Crippen LogP contribution in [0.5, 0.6) is 0 Å². The van der Waals surface area contributed by atoms with Gasteiger partial charge in [0.2, 0.25) is 0 Å². The van der Waals surface area contributed by atoms with Gasteiger partial charge in [0.1, 0.15) is 25.3 Å². The molecule has 0 aromatic heterocycles. The molecule has 0 bridgehead atoms. The smallest absolute Gasteiger partial charge is 0.407 e. The third kappa shape index (κ3) is 6.67. The normalized spacial score (nSPS) is 14.1. The van der Waals surface area contributed by atoms with Crippen LogP contribution in [0, 0.1) is 0 Å². The van der Waals surface area contributed by atoms with Gasteiger partial charge in [0, 0.05) is 11.8 Å². The predicted octanol–water partition coefficient (Wildman–Crippen LogP) is 6.14. The predicted molar refractivity (Wildman–Crippen MR) is 173 cm³/mol. The summed E-state index contributed by atoms with van der Waals surface area (Å²) in [5, 5.41) is 24.2. The van der Waals surface area contributed by atoms with Crippen molar-refractivity contribution in [2.24, 2.45) is 0 Å². The molecule has 2 aliphatic carbocycles. The van der Waals surface area contributed by atoms with E-state index in [1.165, 1.54) is 0 Å². The lowest BCUT2D eigenvalue weighted by atomic mass is 9.98. The standard InChI is InChI=1S/C37H34N2O8/c40-34(41)32(38-36(44)46-20-30-26-14-5-1-10-22(26)23-11-2-6-15-27(23)30)18-9-19-33(35(42)43)39-37(45)47-21-31-28-16-7-3-12-24(28)25-13-4-8-17-29(25)31/h1-8,10-17,30-33H,9,18-21H2,(H,38,44)(H,39,45)(H,40,41)(H,42,43)/t32-,33-/m1/s1. The van der Waals surface area contributed by atoms with E-state index in [0.29, 0.717) is 0 Å². The van der Waals surface area contributed by atoms with Crippen LogP contribution in [0.25, 0.3) is 22.3 Å². The molecule has 0 fully saturated rings. The number of alkyl carbamates (subject to hydrolysis) is 2. The van der Waals surface area contributed by atoms with Gasteiger partial charge in [-0.1, -0.05) is 97.1 Å². The number of carbonyl (C=O) groups is 4. The molecule has 4 N–H and O–H groups in total. The first-order chi connectivity index (χ1) is 22.8. The number of nitrogens with one attached hydrogen (secondary N) is 2. The molecule has 47 heavy (non-hydrogen) atoms. The Morgan fingerprint density at radius 2 is 0.830 bits per heavy atom. The van der Waals surface area contributed by atoms with E-state index in [4.69, 9.17) is 9.47 Å². The zero-order chi connectivity index (χ0) is 32.9. The summed E-state index contributed by atoms with van der Waals surface area (Å²) in [6.45, 7) is 0.0503. The summed E-state index contributed by atoms with van der Waals surface area (Å²) in [6.07, 6.45) is -1.83. The highest BCUT2D eigenvalue weighted by Gasteiger charge is 2.31. The van der Waals surface area contributed by atoms with Crippen LogP contribution in [0.4, 0.5) is 9.59 Å². The van der Waals surface area contributed by atoms with Gasteiger partial charge in [-0.25, -0.2) is 19.2 Å². The lowest BCUT2D eigenvalue weighted by molar-refractivity contribution is -0.139. The molecule has 0 saturated carbocycles. The number of benzene rings is 4. The Hall–Kier alpha value is -5.64. The van der Waals surface area contributed by atoms with E-state index in [1.54, 1.807) is 0 Å². The molecule has 6 rings (SSSR count). The lowest BCUT2D eigenvalue weighted by Gasteiger charge is -2.19. The largest absolute Gasteiger partial charge is 0.480 e. The second-order valence-electron chi connectivity index (χ2n) is 11.7. The molecule has 0 heterocycles. The maximum Gasteiger partial charge on any atom is 0.407 e. The molecule has 2 amide bonds. The number of carboxylic acid groups (broad SMARTS) is 2. The number of carboxylic acids is 2. The van der Waals surface area contributed by atoms with Crippen molar-refractivity contribution < 1.29 is 38.9 Å². The van der Waals surface area contributed by atoms with Crippen molar-refractivity contribution in [1.29, 1.82) is 0 Å². The van der Waals surface area contributed by atoms with E-state index >= 15 is 0 Å². The van der Waals surface area contributed by atoms with Crippen molar-refractivity contribution in [3.05, 3.63) is 119 Å². The van der Waals surface area contributed by atoms with Crippen LogP contribution in [0.2, 0.25) is 0 Å². The molecule has 10 heteroatoms. The van der Waals surface area contributed by atoms with E-state index in [0.717, 1.165) is 44.5 Å². The Balaban J connectivity index is 0.987. The molecule has 0 spiro atoms. The minimum Gasteiger partial charge on any atom is -0.480 e. The highest BCUT2D eigenvalue weighted by atomic mass is 16.6. The second kappa shape index (κ2) is 13.8. The van der Waals surface area contributed by atoms with Crippen LogP contribution in [0.15, 0.2) is 97.1 Å². The van der Waals surface area contributed by atoms with Crippen molar-refractivity contribution >= 4 is 24.1 Å². The Labute approximate surface area is 271 Å². The summed E-state index contributed by atoms with van der Waals surface area (Å²) in [4.78, 5) is 49.2. The van der Waals surface area contributed by atoms with Gasteiger partial charge in [-0.2, -0.15) is 0 Å². The third-order valence-corrected chi connectivity index (χ3v) is 8.85. The fraction of sp³-hybridized carbons (Fsp3) is 0.243. The van der Waals surface area contributed by atoms with Crippen LogP contribution in [0.1, 0.15) is 53.4 Å². The van der Waals surface area contributed by atoms with E-state index < -0.39 is 36.2 Å². The fourth-order valence-electron chi connectivity index (χ4n) is 6.61. The maximum atomic E-state index is 12.7. The van der Waals surface area contributed by atoms with Crippen molar-refractivity contribution in [1.82, 2.24) is 10.6 Å². The van der Waals surface area contributed by atoms with Crippen molar-refractivity contribution in [2.45, 2.75) is 43.2 Å². The monoisotopic (exact) mass is 634 g/mol. The number of amides is 2. The molecule has 2 atom stereocenters. The molecule has 0 saturated heterocycles. The van der Waals surface area contributed by atoms with Crippen LogP contribution in [-0.2, 0) is 19.1 Å². The van der Waals surface area contributed by atoms with E-state index in [-0.39, 0.29) is 44.3 Å². The molecule has 240 valence electrons. The summed E-state index contributed by atoms with van der Waals surface area (Å²) in [5.74, 6) is -2.93. The number of fused-ring (bicyclic) bond motifs is 6. The number of carbonyl (C=O) groups excluding carboxylic acids is 2. The fourth-order valence-corrected chi connectivity index (χ4v) is 6.61. The summed E-state index contributed by atoms with van der Waals surface area (Å²) >= 11 is 0. The first-order valence-electron chi connectivity index (χ1n) is 15.5. The molecular formula is C37H34N2O8. The van der Waals surface area contributed by atoms with Crippen LogP contribution < -0.4 is 10.6 Å². The Kier molecular flexibility index (Phi) is 9.19. The molecular weight excluding hydrogens is 600 g/mol. The van der Waals surface area contributed by atoms with Crippen LogP contribution in [-0.4, -0.2) is 59.6 Å². The summed E-state index contributed by atoms with van der Waals surface area (Å²) in [7, 11) is 0. The van der Waals surface area contributed by atoms with Gasteiger partial charge in [-0.3, -0.25) is 0 Å². The third-order valence-electron chi connectivity index (χ3n) is 8.85. The SMILES string of the molecule is O=C(N[C@H](CCC[C@@H](NC(=O)OCC1c2ccccc2-c2ccccc21)C(=O)O)C(=O)O)OCC1c2ccccc2-c2ccccc21. The Bertz CT molecular complexity index is 1600. The topological polar surface area (TPSA) is 151 Å². The zero-order valence-corrected chi connectivity index (χ0v) is 25.4. The van der Waals surface area contributed by atoms with Crippen LogP contribution >= 0.6 is 0 Å². The summed E-state index contributed by atoms with van der Waals surface area (Å²) < 4.78 is 10.9. The number of ether oxygens (including phenoxy) is 2.